The van der Waals surface area contributed by atoms with Crippen LogP contribution in [0.15, 0.2) is 27.6 Å². The second-order valence-corrected chi connectivity index (χ2v) is 6.05. The summed E-state index contributed by atoms with van der Waals surface area (Å²) in [6.07, 6.45) is 0.720. The van der Waals surface area contributed by atoms with Crippen molar-refractivity contribution in [3.8, 4) is 0 Å². The van der Waals surface area contributed by atoms with Gasteiger partial charge in [-0.2, -0.15) is 0 Å². The van der Waals surface area contributed by atoms with Gasteiger partial charge in [-0.3, -0.25) is 4.79 Å². The van der Waals surface area contributed by atoms with Gasteiger partial charge in [0.2, 0.25) is 0 Å². The molecule has 1 aromatic carbocycles. The lowest BCUT2D eigenvalue weighted by molar-refractivity contribution is -0.141. The summed E-state index contributed by atoms with van der Waals surface area (Å²) in [4.78, 5) is 12.2. The summed E-state index contributed by atoms with van der Waals surface area (Å²) >= 11 is 5.37. The summed E-state index contributed by atoms with van der Waals surface area (Å²) in [5, 5.41) is 8.94. The van der Waals surface area contributed by atoms with Gasteiger partial charge in [0.1, 0.15) is 0 Å². The van der Waals surface area contributed by atoms with Crippen LogP contribution in [0, 0.1) is 5.92 Å². The van der Waals surface area contributed by atoms with Crippen LogP contribution in [0.1, 0.15) is 24.8 Å². The summed E-state index contributed by atoms with van der Waals surface area (Å²) in [7, 11) is 0. The van der Waals surface area contributed by atoms with Crippen LogP contribution in [0.3, 0.4) is 0 Å². The van der Waals surface area contributed by atoms with Gasteiger partial charge in [0.25, 0.3) is 0 Å². The van der Waals surface area contributed by atoms with E-state index in [0.717, 1.165) is 16.6 Å². The van der Waals surface area contributed by atoms with Crippen molar-refractivity contribution in [2.45, 2.75) is 24.2 Å². The summed E-state index contributed by atoms with van der Waals surface area (Å²) in [6, 6.07) is 6.16. The molecule has 0 aromatic heterocycles. The summed E-state index contributed by atoms with van der Waals surface area (Å²) in [5.74, 6) is 0.381. The number of fused-ring (bicyclic) bond motifs is 1. The van der Waals surface area contributed by atoms with Gasteiger partial charge >= 0.3 is 5.97 Å². The Labute approximate surface area is 108 Å². The van der Waals surface area contributed by atoms with Crippen molar-refractivity contribution >= 4 is 33.7 Å². The van der Waals surface area contributed by atoms with E-state index in [1.165, 1.54) is 10.5 Å². The second kappa shape index (κ2) is 4.80. The number of hydrogen-bond acceptors (Lipinski definition) is 2. The minimum Gasteiger partial charge on any atom is -0.481 e. The van der Waals surface area contributed by atoms with Crippen molar-refractivity contribution in [2.75, 3.05) is 5.75 Å². The lowest BCUT2D eigenvalue weighted by atomic mass is 9.91. The Hall–Kier alpha value is -0.480. The molecule has 1 aromatic rings. The molecule has 16 heavy (non-hydrogen) atoms. The molecule has 2 unspecified atom stereocenters. The summed E-state index contributed by atoms with van der Waals surface area (Å²) in [6.45, 7) is 1.78. The van der Waals surface area contributed by atoms with E-state index < -0.39 is 5.97 Å². The predicted molar refractivity (Wildman–Crippen MR) is 69.0 cm³/mol. The molecule has 2 nitrogen and oxygen atoms in total. The van der Waals surface area contributed by atoms with Crippen molar-refractivity contribution in [1.29, 1.82) is 0 Å². The number of thioether (sulfide) groups is 1. The third-order valence-corrected chi connectivity index (χ3v) is 4.85. The second-order valence-electron chi connectivity index (χ2n) is 4.13. The molecular weight excluding hydrogens is 288 g/mol. The highest BCUT2D eigenvalue weighted by molar-refractivity contribution is 9.10. The molecule has 1 aliphatic heterocycles. The maximum Gasteiger partial charge on any atom is 0.306 e. The van der Waals surface area contributed by atoms with Crippen molar-refractivity contribution in [3.05, 3.63) is 28.2 Å². The van der Waals surface area contributed by atoms with Crippen molar-refractivity contribution in [3.63, 3.8) is 0 Å². The number of carboxylic acids is 1. The van der Waals surface area contributed by atoms with E-state index in [4.69, 9.17) is 5.11 Å². The molecule has 0 amide bonds. The maximum atomic E-state index is 10.9. The first kappa shape index (κ1) is 12.0. The van der Waals surface area contributed by atoms with Crippen molar-refractivity contribution < 1.29 is 9.90 Å². The number of aliphatic carboxylic acids is 1. The maximum absolute atomic E-state index is 10.9. The number of hydrogen-bond donors (Lipinski definition) is 1. The van der Waals surface area contributed by atoms with E-state index in [1.807, 2.05) is 23.9 Å². The molecule has 0 radical (unpaired) electrons. The molecule has 1 heterocycles. The molecule has 0 saturated carbocycles. The average Bonchev–Trinajstić information content (AvgIpc) is 2.63. The first-order chi connectivity index (χ1) is 7.59. The van der Waals surface area contributed by atoms with Crippen molar-refractivity contribution in [2.24, 2.45) is 5.92 Å². The Morgan fingerprint density at radius 3 is 3.12 bits per heavy atom. The van der Waals surface area contributed by atoms with Crippen LogP contribution in [-0.2, 0) is 4.79 Å². The molecule has 86 valence electrons. The van der Waals surface area contributed by atoms with Crippen LogP contribution in [-0.4, -0.2) is 16.8 Å². The lowest BCUT2D eigenvalue weighted by Crippen LogP contribution is -2.13. The molecule has 2 rings (SSSR count). The number of halogens is 1. The topological polar surface area (TPSA) is 37.3 Å². The first-order valence-corrected chi connectivity index (χ1v) is 7.01. The third-order valence-electron chi connectivity index (χ3n) is 2.92. The molecule has 1 N–H and O–H groups in total. The molecule has 0 saturated heterocycles. The molecule has 0 fully saturated rings. The number of benzene rings is 1. The van der Waals surface area contributed by atoms with Gasteiger partial charge in [0.05, 0.1) is 5.92 Å². The Kier molecular flexibility index (Phi) is 3.60. The molecule has 0 aliphatic carbocycles. The van der Waals surface area contributed by atoms with Crippen LogP contribution in [0.4, 0.5) is 0 Å². The molecule has 4 heteroatoms. The van der Waals surface area contributed by atoms with E-state index in [2.05, 4.69) is 22.0 Å². The monoisotopic (exact) mass is 300 g/mol. The van der Waals surface area contributed by atoms with Gasteiger partial charge in [-0.1, -0.05) is 28.9 Å². The van der Waals surface area contributed by atoms with Crippen LogP contribution in [0.5, 0.6) is 0 Å². The highest BCUT2D eigenvalue weighted by atomic mass is 79.9. The predicted octanol–water partition coefficient (Wildman–Crippen LogP) is 3.75. The van der Waals surface area contributed by atoms with Gasteiger partial charge in [-0.25, -0.2) is 0 Å². The van der Waals surface area contributed by atoms with Gasteiger partial charge in [0, 0.05) is 15.1 Å². The van der Waals surface area contributed by atoms with Crippen LogP contribution < -0.4 is 0 Å². The zero-order chi connectivity index (χ0) is 11.7. The first-order valence-electron chi connectivity index (χ1n) is 5.23. The molecule has 1 aliphatic rings. The normalized spacial score (nSPS) is 20.5. The zero-order valence-electron chi connectivity index (χ0n) is 8.94. The van der Waals surface area contributed by atoms with Gasteiger partial charge in [-0.15, -0.1) is 11.8 Å². The van der Waals surface area contributed by atoms with Gasteiger partial charge in [0.15, 0.2) is 0 Å². The molecule has 0 bridgehead atoms. The van der Waals surface area contributed by atoms with Crippen LogP contribution in [0.2, 0.25) is 0 Å². The Balaban J connectivity index is 2.20. The SMILES string of the molecule is CC(CC1CSc2cccc(Br)c21)C(=O)O. The Bertz CT molecular complexity index is 419. The smallest absolute Gasteiger partial charge is 0.306 e. The number of carboxylic acid groups (broad SMARTS) is 1. The average molecular weight is 301 g/mol. The molecule has 0 spiro atoms. The van der Waals surface area contributed by atoms with Crippen molar-refractivity contribution in [1.82, 2.24) is 0 Å². The van der Waals surface area contributed by atoms with Gasteiger partial charge < -0.3 is 5.11 Å². The zero-order valence-corrected chi connectivity index (χ0v) is 11.3. The highest BCUT2D eigenvalue weighted by Gasteiger charge is 2.28. The van der Waals surface area contributed by atoms with Crippen LogP contribution >= 0.6 is 27.7 Å². The highest BCUT2D eigenvalue weighted by Crippen LogP contribution is 2.45. The van der Waals surface area contributed by atoms with Crippen LogP contribution in [0.25, 0.3) is 0 Å². The fourth-order valence-electron chi connectivity index (χ4n) is 2.03. The standard InChI is InChI=1S/C12H13BrO2S/c1-7(12(14)15)5-8-6-16-10-4-2-3-9(13)11(8)10/h2-4,7-8H,5-6H2,1H3,(H,14,15). The Morgan fingerprint density at radius 2 is 2.44 bits per heavy atom. The summed E-state index contributed by atoms with van der Waals surface area (Å²) < 4.78 is 1.11. The lowest BCUT2D eigenvalue weighted by Gasteiger charge is -2.14. The minimum atomic E-state index is -0.703. The van der Waals surface area contributed by atoms with E-state index in [-0.39, 0.29) is 5.92 Å². The molecule has 2 atom stereocenters. The quantitative estimate of drug-likeness (QED) is 0.924. The van der Waals surface area contributed by atoms with E-state index in [1.54, 1.807) is 6.92 Å². The van der Waals surface area contributed by atoms with E-state index >= 15 is 0 Å². The largest absolute Gasteiger partial charge is 0.481 e. The van der Waals surface area contributed by atoms with Gasteiger partial charge in [-0.05, 0) is 30.0 Å². The Morgan fingerprint density at radius 1 is 1.69 bits per heavy atom. The number of carbonyl (C=O) groups is 1. The minimum absolute atomic E-state index is 0.274. The van der Waals surface area contributed by atoms with E-state index in [9.17, 15) is 4.79 Å². The number of rotatable bonds is 3. The molecular formula is C12H13BrO2S. The van der Waals surface area contributed by atoms with E-state index in [0.29, 0.717) is 5.92 Å². The fraction of sp³-hybridized carbons (Fsp3) is 0.417. The third kappa shape index (κ3) is 2.28. The fourth-order valence-corrected chi connectivity index (χ4v) is 4.14. The summed E-state index contributed by atoms with van der Waals surface area (Å²) in [5.41, 5.74) is 1.29.